The van der Waals surface area contributed by atoms with Gasteiger partial charge in [-0.2, -0.15) is 0 Å². The molecule has 0 atom stereocenters. The van der Waals surface area contributed by atoms with E-state index < -0.39 is 5.82 Å². The molecule has 0 saturated carbocycles. The number of morpholine rings is 1. The Balaban J connectivity index is 1.77. The minimum absolute atomic E-state index is 0.0175. The number of halogens is 1. The van der Waals surface area contributed by atoms with E-state index in [4.69, 9.17) is 9.47 Å². The van der Waals surface area contributed by atoms with Crippen molar-refractivity contribution in [3.8, 4) is 5.75 Å². The van der Waals surface area contributed by atoms with Crippen LogP contribution in [0, 0.1) is 5.82 Å². The van der Waals surface area contributed by atoms with Crippen LogP contribution in [0.4, 0.5) is 10.2 Å². The van der Waals surface area contributed by atoms with Crippen molar-refractivity contribution in [3.63, 3.8) is 0 Å². The number of hydrogen-bond acceptors (Lipinski definition) is 6. The summed E-state index contributed by atoms with van der Waals surface area (Å²) in [5, 5.41) is 0. The second-order valence-corrected chi connectivity index (χ2v) is 6.39. The minimum Gasteiger partial charge on any atom is -0.494 e. The summed E-state index contributed by atoms with van der Waals surface area (Å²) in [4.78, 5) is 31.2. The molecule has 1 saturated heterocycles. The minimum atomic E-state index is -0.476. The van der Waals surface area contributed by atoms with E-state index in [-0.39, 0.29) is 29.9 Å². The van der Waals surface area contributed by atoms with Crippen LogP contribution >= 0.6 is 0 Å². The fourth-order valence-electron chi connectivity index (χ4n) is 2.97. The third kappa shape index (κ3) is 4.51. The van der Waals surface area contributed by atoms with Crippen LogP contribution in [0.2, 0.25) is 0 Å². The summed E-state index contributed by atoms with van der Waals surface area (Å²) in [5.41, 5.74) is 0.435. The number of ketones is 1. The summed E-state index contributed by atoms with van der Waals surface area (Å²) >= 11 is 0. The lowest BCUT2D eigenvalue weighted by Crippen LogP contribution is -2.38. The lowest BCUT2D eigenvalue weighted by molar-refractivity contribution is -0.117. The highest BCUT2D eigenvalue weighted by Gasteiger charge is 2.17. The molecule has 1 aliphatic heterocycles. The predicted octanol–water partition coefficient (Wildman–Crippen LogP) is 1.12. The quantitative estimate of drug-likeness (QED) is 0.753. The van der Waals surface area contributed by atoms with Crippen LogP contribution in [0.15, 0.2) is 29.1 Å². The van der Waals surface area contributed by atoms with Crippen LogP contribution in [-0.4, -0.2) is 48.7 Å². The molecule has 3 rings (SSSR count). The van der Waals surface area contributed by atoms with Gasteiger partial charge in [-0.1, -0.05) is 6.07 Å². The molecule has 144 valence electrons. The molecule has 1 aromatic carbocycles. The number of aromatic nitrogens is 2. The highest BCUT2D eigenvalue weighted by atomic mass is 19.1. The van der Waals surface area contributed by atoms with Crippen LogP contribution in [0.1, 0.15) is 11.4 Å². The van der Waals surface area contributed by atoms with Gasteiger partial charge in [-0.3, -0.25) is 14.2 Å². The Hall–Kier alpha value is -2.74. The van der Waals surface area contributed by atoms with Crippen molar-refractivity contribution in [2.24, 2.45) is 7.05 Å². The zero-order valence-electron chi connectivity index (χ0n) is 15.4. The fraction of sp³-hybridized carbons (Fsp3) is 0.421. The van der Waals surface area contributed by atoms with Gasteiger partial charge in [0.15, 0.2) is 11.6 Å². The first-order chi connectivity index (χ1) is 13.0. The van der Waals surface area contributed by atoms with E-state index in [9.17, 15) is 14.0 Å². The summed E-state index contributed by atoms with van der Waals surface area (Å²) in [6.45, 7) is 2.47. The first-order valence-corrected chi connectivity index (χ1v) is 8.71. The van der Waals surface area contributed by atoms with E-state index in [1.807, 2.05) is 4.90 Å². The number of benzene rings is 1. The highest BCUT2D eigenvalue weighted by Crippen LogP contribution is 2.19. The number of anilines is 1. The van der Waals surface area contributed by atoms with Gasteiger partial charge in [-0.05, 0) is 17.7 Å². The number of carbonyl (C=O) groups excluding carboxylic acids is 1. The van der Waals surface area contributed by atoms with Crippen LogP contribution < -0.4 is 15.2 Å². The third-order valence-electron chi connectivity index (χ3n) is 4.52. The van der Waals surface area contributed by atoms with Crippen LogP contribution in [-0.2, 0) is 29.4 Å². The van der Waals surface area contributed by atoms with Crippen LogP contribution in [0.25, 0.3) is 0 Å². The number of ether oxygens (including phenoxy) is 2. The Labute approximate surface area is 156 Å². The van der Waals surface area contributed by atoms with Crippen molar-refractivity contribution in [3.05, 3.63) is 51.8 Å². The standard InChI is InChI=1S/C19H22FN3O4/c1-22-17(21-18(12-19(22)25)23-5-7-27-8-6-23)11-14(24)9-13-3-4-15(20)16(10-13)26-2/h3-4,10,12H,5-9,11H2,1-2H3. The van der Waals surface area contributed by atoms with Crippen molar-refractivity contribution in [2.45, 2.75) is 12.8 Å². The van der Waals surface area contributed by atoms with E-state index in [1.165, 1.54) is 29.9 Å². The van der Waals surface area contributed by atoms with Gasteiger partial charge < -0.3 is 14.4 Å². The van der Waals surface area contributed by atoms with Gasteiger partial charge in [0.05, 0.1) is 26.7 Å². The maximum Gasteiger partial charge on any atom is 0.255 e. The smallest absolute Gasteiger partial charge is 0.255 e. The molecule has 2 aromatic rings. The summed E-state index contributed by atoms with van der Waals surface area (Å²) < 4.78 is 25.1. The predicted molar refractivity (Wildman–Crippen MR) is 97.9 cm³/mol. The van der Waals surface area contributed by atoms with Crippen molar-refractivity contribution in [1.82, 2.24) is 9.55 Å². The SMILES string of the molecule is COc1cc(CC(=O)Cc2nc(N3CCOCC3)cc(=O)n2C)ccc1F. The maximum atomic E-state index is 13.5. The summed E-state index contributed by atoms with van der Waals surface area (Å²) in [6, 6.07) is 5.80. The molecular formula is C19H22FN3O4. The molecule has 0 bridgehead atoms. The molecule has 1 aliphatic rings. The van der Waals surface area contributed by atoms with Crippen LogP contribution in [0.3, 0.4) is 0 Å². The zero-order valence-corrected chi connectivity index (χ0v) is 15.4. The zero-order chi connectivity index (χ0) is 19.4. The lowest BCUT2D eigenvalue weighted by Gasteiger charge is -2.28. The van der Waals surface area contributed by atoms with E-state index in [2.05, 4.69) is 4.98 Å². The molecule has 0 N–H and O–H groups in total. The number of carbonyl (C=O) groups is 1. The Morgan fingerprint density at radius 3 is 2.70 bits per heavy atom. The average Bonchev–Trinajstić information content (AvgIpc) is 2.67. The molecule has 0 spiro atoms. The summed E-state index contributed by atoms with van der Waals surface area (Å²) in [5.74, 6) is 0.470. The molecule has 2 heterocycles. The van der Waals surface area contributed by atoms with E-state index in [0.717, 1.165) is 0 Å². The number of Topliss-reactive ketones (excluding diaryl/α,β-unsaturated/α-hetero) is 1. The average molecular weight is 375 g/mol. The molecule has 0 aliphatic carbocycles. The van der Waals surface area contributed by atoms with Gasteiger partial charge in [-0.25, -0.2) is 9.37 Å². The van der Waals surface area contributed by atoms with E-state index in [0.29, 0.717) is 43.5 Å². The maximum absolute atomic E-state index is 13.5. The molecule has 7 nitrogen and oxygen atoms in total. The monoisotopic (exact) mass is 375 g/mol. The van der Waals surface area contributed by atoms with Gasteiger partial charge >= 0.3 is 0 Å². The second-order valence-electron chi connectivity index (χ2n) is 6.39. The molecule has 1 aromatic heterocycles. The largest absolute Gasteiger partial charge is 0.494 e. The molecule has 8 heteroatoms. The first kappa shape index (κ1) is 19.0. The second kappa shape index (κ2) is 8.30. The highest BCUT2D eigenvalue weighted by molar-refractivity contribution is 5.82. The normalized spacial score (nSPS) is 14.3. The van der Waals surface area contributed by atoms with Crippen molar-refractivity contribution in [2.75, 3.05) is 38.3 Å². The molecule has 0 amide bonds. The van der Waals surface area contributed by atoms with Gasteiger partial charge in [-0.15, -0.1) is 0 Å². The van der Waals surface area contributed by atoms with Gasteiger partial charge in [0.2, 0.25) is 0 Å². The summed E-state index contributed by atoms with van der Waals surface area (Å²) in [6.07, 6.45) is 0.123. The Morgan fingerprint density at radius 1 is 1.26 bits per heavy atom. The van der Waals surface area contributed by atoms with Crippen molar-refractivity contribution < 1.29 is 18.7 Å². The third-order valence-corrected chi connectivity index (χ3v) is 4.52. The Kier molecular flexibility index (Phi) is 5.85. The van der Waals surface area contributed by atoms with Crippen molar-refractivity contribution >= 4 is 11.6 Å². The molecule has 0 unspecified atom stereocenters. The summed E-state index contributed by atoms with van der Waals surface area (Å²) in [7, 11) is 2.98. The molecule has 0 radical (unpaired) electrons. The fourth-order valence-corrected chi connectivity index (χ4v) is 2.97. The Morgan fingerprint density at radius 2 is 2.00 bits per heavy atom. The lowest BCUT2D eigenvalue weighted by atomic mass is 10.1. The van der Waals surface area contributed by atoms with Gasteiger partial charge in [0.25, 0.3) is 5.56 Å². The van der Waals surface area contributed by atoms with E-state index >= 15 is 0 Å². The first-order valence-electron chi connectivity index (χ1n) is 8.71. The number of nitrogens with zero attached hydrogens (tertiary/aromatic N) is 3. The number of methoxy groups -OCH3 is 1. The van der Waals surface area contributed by atoms with E-state index in [1.54, 1.807) is 13.1 Å². The number of hydrogen-bond donors (Lipinski definition) is 0. The Bertz CT molecular complexity index is 891. The van der Waals surface area contributed by atoms with Gasteiger partial charge in [0, 0.05) is 32.6 Å². The molecule has 1 fully saturated rings. The van der Waals surface area contributed by atoms with Crippen molar-refractivity contribution in [1.29, 1.82) is 0 Å². The molecular weight excluding hydrogens is 353 g/mol. The number of rotatable bonds is 6. The van der Waals surface area contributed by atoms with Gasteiger partial charge in [0.1, 0.15) is 17.4 Å². The topological polar surface area (TPSA) is 73.7 Å². The molecule has 27 heavy (non-hydrogen) atoms. The van der Waals surface area contributed by atoms with Crippen LogP contribution in [0.5, 0.6) is 5.75 Å².